The van der Waals surface area contributed by atoms with E-state index in [-0.39, 0.29) is 0 Å². The Morgan fingerprint density at radius 1 is 1.50 bits per heavy atom. The number of hydrogen-bond donors (Lipinski definition) is 0. The van der Waals surface area contributed by atoms with Crippen LogP contribution in [0.15, 0.2) is 35.6 Å². The van der Waals surface area contributed by atoms with Crippen LogP contribution in [0.1, 0.15) is 20.3 Å². The van der Waals surface area contributed by atoms with Gasteiger partial charge in [-0.3, -0.25) is 0 Å². The number of rotatable bonds is 0. The lowest BCUT2D eigenvalue weighted by Crippen LogP contribution is -2.21. The monoisotopic (exact) mass is 162 g/mol. The van der Waals surface area contributed by atoms with E-state index in [1.165, 1.54) is 11.1 Å². The SMILES string of the molecule is CC(C)=C1C=CCC2C=COC12. The molecule has 1 heteroatoms. The Kier molecular flexibility index (Phi) is 1.80. The van der Waals surface area contributed by atoms with Crippen LogP contribution >= 0.6 is 0 Å². The standard InChI is InChI=1S/C11H14O/c1-8(2)10-5-3-4-9-6-7-12-11(9)10/h3,5-7,9,11H,4H2,1-2H3. The van der Waals surface area contributed by atoms with E-state index in [4.69, 9.17) is 4.74 Å². The number of fused-ring (bicyclic) bond motifs is 1. The highest BCUT2D eigenvalue weighted by Gasteiger charge is 2.29. The van der Waals surface area contributed by atoms with Gasteiger partial charge < -0.3 is 4.74 Å². The summed E-state index contributed by atoms with van der Waals surface area (Å²) >= 11 is 0. The van der Waals surface area contributed by atoms with Gasteiger partial charge in [-0.05, 0) is 31.9 Å². The van der Waals surface area contributed by atoms with E-state index in [1.807, 2.05) is 6.26 Å². The second-order valence-electron chi connectivity index (χ2n) is 3.64. The molecule has 2 aliphatic rings. The molecule has 1 aliphatic carbocycles. The molecule has 0 aromatic heterocycles. The Bertz CT molecular complexity index is 267. The number of allylic oxidation sites excluding steroid dienone is 2. The first kappa shape index (κ1) is 7.66. The maximum absolute atomic E-state index is 5.54. The minimum Gasteiger partial charge on any atom is -0.493 e. The highest BCUT2D eigenvalue weighted by molar-refractivity contribution is 5.34. The van der Waals surface area contributed by atoms with Crippen molar-refractivity contribution in [3.63, 3.8) is 0 Å². The molecule has 0 spiro atoms. The fourth-order valence-corrected chi connectivity index (χ4v) is 1.84. The molecule has 64 valence electrons. The average molecular weight is 162 g/mol. The van der Waals surface area contributed by atoms with Gasteiger partial charge in [0, 0.05) is 5.92 Å². The first-order valence-electron chi connectivity index (χ1n) is 4.45. The second-order valence-corrected chi connectivity index (χ2v) is 3.64. The predicted octanol–water partition coefficient (Wildman–Crippen LogP) is 2.81. The molecule has 0 fully saturated rings. The van der Waals surface area contributed by atoms with Crippen LogP contribution in [-0.4, -0.2) is 6.10 Å². The molecule has 0 aromatic carbocycles. The molecule has 0 aromatic rings. The summed E-state index contributed by atoms with van der Waals surface area (Å²) in [6.07, 6.45) is 9.87. The van der Waals surface area contributed by atoms with Crippen molar-refractivity contribution in [2.75, 3.05) is 0 Å². The minimum atomic E-state index is 0.306. The van der Waals surface area contributed by atoms with Crippen LogP contribution in [0.3, 0.4) is 0 Å². The van der Waals surface area contributed by atoms with Crippen LogP contribution < -0.4 is 0 Å². The molecule has 2 atom stereocenters. The van der Waals surface area contributed by atoms with Crippen LogP contribution in [0.5, 0.6) is 0 Å². The van der Waals surface area contributed by atoms with Crippen molar-refractivity contribution in [3.05, 3.63) is 35.6 Å². The summed E-state index contributed by atoms with van der Waals surface area (Å²) in [6.45, 7) is 4.29. The molecule has 12 heavy (non-hydrogen) atoms. The van der Waals surface area contributed by atoms with E-state index in [1.54, 1.807) is 0 Å². The van der Waals surface area contributed by atoms with Crippen molar-refractivity contribution < 1.29 is 4.74 Å². The third-order valence-corrected chi connectivity index (χ3v) is 2.53. The lowest BCUT2D eigenvalue weighted by Gasteiger charge is -2.23. The van der Waals surface area contributed by atoms with Gasteiger partial charge in [-0.2, -0.15) is 0 Å². The summed E-state index contributed by atoms with van der Waals surface area (Å²) in [5, 5.41) is 0. The number of ether oxygens (including phenoxy) is 1. The van der Waals surface area contributed by atoms with Crippen molar-refractivity contribution in [1.82, 2.24) is 0 Å². The first-order valence-corrected chi connectivity index (χ1v) is 4.45. The maximum Gasteiger partial charge on any atom is 0.129 e. The molecule has 0 radical (unpaired) electrons. The molecule has 0 N–H and O–H groups in total. The molecule has 1 heterocycles. The topological polar surface area (TPSA) is 9.23 Å². The highest BCUT2D eigenvalue weighted by atomic mass is 16.5. The van der Waals surface area contributed by atoms with Crippen molar-refractivity contribution in [1.29, 1.82) is 0 Å². The molecule has 0 bridgehead atoms. The molecule has 1 nitrogen and oxygen atoms in total. The normalized spacial score (nSPS) is 31.7. The van der Waals surface area contributed by atoms with Gasteiger partial charge in [-0.15, -0.1) is 0 Å². The molecule has 2 unspecified atom stereocenters. The fourth-order valence-electron chi connectivity index (χ4n) is 1.84. The minimum absolute atomic E-state index is 0.306. The summed E-state index contributed by atoms with van der Waals surface area (Å²) in [6, 6.07) is 0. The van der Waals surface area contributed by atoms with Gasteiger partial charge in [-0.1, -0.05) is 17.7 Å². The maximum atomic E-state index is 5.54. The fraction of sp³-hybridized carbons (Fsp3) is 0.455. The van der Waals surface area contributed by atoms with E-state index in [0.29, 0.717) is 12.0 Å². The first-order chi connectivity index (χ1) is 5.79. The zero-order valence-corrected chi connectivity index (χ0v) is 7.58. The van der Waals surface area contributed by atoms with Gasteiger partial charge in [0.25, 0.3) is 0 Å². The average Bonchev–Trinajstić information content (AvgIpc) is 2.49. The van der Waals surface area contributed by atoms with Crippen molar-refractivity contribution in [3.8, 4) is 0 Å². The molecule has 1 aliphatic heterocycles. The van der Waals surface area contributed by atoms with Crippen LogP contribution in [0.25, 0.3) is 0 Å². The summed E-state index contributed by atoms with van der Waals surface area (Å²) in [7, 11) is 0. The summed E-state index contributed by atoms with van der Waals surface area (Å²) < 4.78 is 5.54. The van der Waals surface area contributed by atoms with E-state index < -0.39 is 0 Å². The third-order valence-electron chi connectivity index (χ3n) is 2.53. The Hall–Kier alpha value is -0.980. The predicted molar refractivity (Wildman–Crippen MR) is 49.6 cm³/mol. The summed E-state index contributed by atoms with van der Waals surface area (Å²) in [5.74, 6) is 0.583. The Balaban J connectivity index is 2.32. The lowest BCUT2D eigenvalue weighted by molar-refractivity contribution is 0.167. The second kappa shape index (κ2) is 2.81. The molecular weight excluding hydrogens is 148 g/mol. The van der Waals surface area contributed by atoms with Crippen LogP contribution in [-0.2, 0) is 4.74 Å². The van der Waals surface area contributed by atoms with E-state index in [9.17, 15) is 0 Å². The number of hydrogen-bond acceptors (Lipinski definition) is 1. The Morgan fingerprint density at radius 3 is 3.08 bits per heavy atom. The highest BCUT2D eigenvalue weighted by Crippen LogP contribution is 2.33. The third kappa shape index (κ3) is 1.09. The lowest BCUT2D eigenvalue weighted by atomic mass is 9.87. The van der Waals surface area contributed by atoms with Crippen molar-refractivity contribution in [2.24, 2.45) is 5.92 Å². The van der Waals surface area contributed by atoms with Crippen LogP contribution in [0.2, 0.25) is 0 Å². The summed E-state index contributed by atoms with van der Waals surface area (Å²) in [4.78, 5) is 0. The van der Waals surface area contributed by atoms with Crippen LogP contribution in [0, 0.1) is 5.92 Å². The van der Waals surface area contributed by atoms with E-state index in [0.717, 1.165) is 6.42 Å². The quantitative estimate of drug-likeness (QED) is 0.532. The van der Waals surface area contributed by atoms with Gasteiger partial charge >= 0.3 is 0 Å². The van der Waals surface area contributed by atoms with Gasteiger partial charge in [0.15, 0.2) is 0 Å². The summed E-state index contributed by atoms with van der Waals surface area (Å²) in [5.41, 5.74) is 2.72. The largest absolute Gasteiger partial charge is 0.493 e. The van der Waals surface area contributed by atoms with E-state index >= 15 is 0 Å². The van der Waals surface area contributed by atoms with Gasteiger partial charge in [0.2, 0.25) is 0 Å². The zero-order valence-electron chi connectivity index (χ0n) is 7.58. The van der Waals surface area contributed by atoms with Crippen LogP contribution in [0.4, 0.5) is 0 Å². The zero-order chi connectivity index (χ0) is 8.55. The Morgan fingerprint density at radius 2 is 2.33 bits per heavy atom. The van der Waals surface area contributed by atoms with Gasteiger partial charge in [-0.25, -0.2) is 0 Å². The van der Waals surface area contributed by atoms with Gasteiger partial charge in [0.05, 0.1) is 6.26 Å². The molecule has 2 rings (SSSR count). The smallest absolute Gasteiger partial charge is 0.129 e. The van der Waals surface area contributed by atoms with E-state index in [2.05, 4.69) is 32.1 Å². The molecule has 0 saturated heterocycles. The Labute approximate surface area is 73.4 Å². The van der Waals surface area contributed by atoms with Gasteiger partial charge in [0.1, 0.15) is 6.10 Å². The molecular formula is C11H14O. The molecule has 0 amide bonds. The molecule has 0 saturated carbocycles. The van der Waals surface area contributed by atoms with Crippen molar-refractivity contribution >= 4 is 0 Å². The van der Waals surface area contributed by atoms with Crippen molar-refractivity contribution in [2.45, 2.75) is 26.4 Å².